The molecular formula is C21H19BrN6O3. The Labute approximate surface area is 186 Å². The monoisotopic (exact) mass is 482 g/mol. The maximum Gasteiger partial charge on any atom is 0.248 e. The second kappa shape index (κ2) is 9.52. The predicted octanol–water partition coefficient (Wildman–Crippen LogP) is 3.72. The number of rotatable bonds is 8. The molecule has 0 aliphatic heterocycles. The number of methoxy groups -OCH3 is 1. The van der Waals surface area contributed by atoms with E-state index in [-0.39, 0.29) is 18.3 Å². The molecule has 158 valence electrons. The van der Waals surface area contributed by atoms with Gasteiger partial charge < -0.3 is 9.26 Å². The number of hydrogen-bond acceptors (Lipinski definition) is 7. The van der Waals surface area contributed by atoms with Crippen LogP contribution in [0.15, 0.2) is 63.9 Å². The summed E-state index contributed by atoms with van der Waals surface area (Å²) >= 11 is 3.41. The van der Waals surface area contributed by atoms with Crippen molar-refractivity contribution in [3.63, 3.8) is 0 Å². The molecule has 2 aromatic heterocycles. The van der Waals surface area contributed by atoms with Crippen LogP contribution >= 0.6 is 15.9 Å². The molecule has 0 spiro atoms. The number of halogens is 1. The van der Waals surface area contributed by atoms with Crippen LogP contribution in [0, 0.1) is 0 Å². The standard InChI is InChI=1S/C21H19BrN6O3/c1-30-17-8-4-15(5-9-17)20-25-19(31-27-20)11-10-18(29)24-21-23-13-28(26-21)12-14-2-6-16(22)7-3-14/h2-9,13H,10-12H2,1H3,(H,24,26,29). The van der Waals surface area contributed by atoms with Gasteiger partial charge in [0.25, 0.3) is 0 Å². The molecule has 1 amide bonds. The molecule has 9 nitrogen and oxygen atoms in total. The first-order valence-corrected chi connectivity index (χ1v) is 10.3. The Kier molecular flexibility index (Phi) is 6.37. The average molecular weight is 483 g/mol. The van der Waals surface area contributed by atoms with Gasteiger partial charge in [-0.2, -0.15) is 4.98 Å². The third kappa shape index (κ3) is 5.54. The summed E-state index contributed by atoms with van der Waals surface area (Å²) in [5.74, 6) is 1.62. The smallest absolute Gasteiger partial charge is 0.248 e. The second-order valence-electron chi connectivity index (χ2n) is 6.68. The molecule has 0 atom stereocenters. The van der Waals surface area contributed by atoms with Crippen LogP contribution in [0.1, 0.15) is 17.9 Å². The highest BCUT2D eigenvalue weighted by Gasteiger charge is 2.12. The van der Waals surface area contributed by atoms with E-state index in [2.05, 4.69) is 41.5 Å². The van der Waals surface area contributed by atoms with Gasteiger partial charge in [0.2, 0.25) is 23.6 Å². The van der Waals surface area contributed by atoms with Crippen LogP contribution in [0.2, 0.25) is 0 Å². The van der Waals surface area contributed by atoms with Gasteiger partial charge in [0, 0.05) is 22.9 Å². The molecule has 0 saturated heterocycles. The highest BCUT2D eigenvalue weighted by molar-refractivity contribution is 9.10. The van der Waals surface area contributed by atoms with Crippen molar-refractivity contribution in [2.24, 2.45) is 0 Å². The van der Waals surface area contributed by atoms with E-state index in [4.69, 9.17) is 9.26 Å². The van der Waals surface area contributed by atoms with Crippen molar-refractivity contribution >= 4 is 27.8 Å². The molecule has 0 radical (unpaired) electrons. The number of ether oxygens (including phenoxy) is 1. The maximum atomic E-state index is 12.2. The normalized spacial score (nSPS) is 10.8. The summed E-state index contributed by atoms with van der Waals surface area (Å²) in [6.07, 6.45) is 2.07. The van der Waals surface area contributed by atoms with Crippen molar-refractivity contribution in [3.8, 4) is 17.1 Å². The summed E-state index contributed by atoms with van der Waals surface area (Å²) < 4.78 is 13.1. The summed E-state index contributed by atoms with van der Waals surface area (Å²) in [6.45, 7) is 0.562. The molecule has 0 aliphatic carbocycles. The lowest BCUT2D eigenvalue weighted by molar-refractivity contribution is -0.116. The van der Waals surface area contributed by atoms with Gasteiger partial charge in [-0.3, -0.25) is 10.1 Å². The minimum Gasteiger partial charge on any atom is -0.497 e. The van der Waals surface area contributed by atoms with Crippen LogP contribution in [-0.4, -0.2) is 37.9 Å². The van der Waals surface area contributed by atoms with Crippen LogP contribution in [0.4, 0.5) is 5.95 Å². The van der Waals surface area contributed by atoms with Crippen LogP contribution < -0.4 is 10.1 Å². The largest absolute Gasteiger partial charge is 0.497 e. The summed E-state index contributed by atoms with van der Waals surface area (Å²) in [6, 6.07) is 15.2. The molecule has 0 bridgehead atoms. The lowest BCUT2D eigenvalue weighted by Crippen LogP contribution is -2.14. The third-order valence-corrected chi connectivity index (χ3v) is 4.96. The number of aryl methyl sites for hydroxylation is 1. The van der Waals surface area contributed by atoms with Crippen molar-refractivity contribution in [2.45, 2.75) is 19.4 Å². The first kappa shape index (κ1) is 20.7. The molecule has 0 fully saturated rings. The van der Waals surface area contributed by atoms with Crippen molar-refractivity contribution < 1.29 is 14.1 Å². The van der Waals surface area contributed by atoms with E-state index in [1.807, 2.05) is 48.5 Å². The molecule has 4 rings (SSSR count). The zero-order chi connectivity index (χ0) is 21.6. The Bertz CT molecular complexity index is 1150. The summed E-state index contributed by atoms with van der Waals surface area (Å²) in [7, 11) is 1.61. The van der Waals surface area contributed by atoms with E-state index in [0.29, 0.717) is 24.7 Å². The zero-order valence-electron chi connectivity index (χ0n) is 16.7. The first-order chi connectivity index (χ1) is 15.1. The quantitative estimate of drug-likeness (QED) is 0.407. The van der Waals surface area contributed by atoms with Crippen molar-refractivity contribution in [1.82, 2.24) is 24.9 Å². The minimum absolute atomic E-state index is 0.172. The van der Waals surface area contributed by atoms with Gasteiger partial charge in [-0.15, -0.1) is 5.10 Å². The van der Waals surface area contributed by atoms with Crippen LogP contribution in [-0.2, 0) is 17.8 Å². The third-order valence-electron chi connectivity index (χ3n) is 4.43. The Morgan fingerprint density at radius 3 is 2.68 bits per heavy atom. The maximum absolute atomic E-state index is 12.2. The molecule has 1 N–H and O–H groups in total. The number of anilines is 1. The number of carbonyl (C=O) groups is 1. The number of nitrogens with zero attached hydrogens (tertiary/aromatic N) is 5. The van der Waals surface area contributed by atoms with Crippen LogP contribution in [0.5, 0.6) is 5.75 Å². The van der Waals surface area contributed by atoms with E-state index < -0.39 is 0 Å². The molecule has 0 saturated carbocycles. The second-order valence-corrected chi connectivity index (χ2v) is 7.60. The average Bonchev–Trinajstić information content (AvgIpc) is 3.44. The van der Waals surface area contributed by atoms with E-state index in [0.717, 1.165) is 21.3 Å². The molecule has 31 heavy (non-hydrogen) atoms. The van der Waals surface area contributed by atoms with Gasteiger partial charge in [-0.1, -0.05) is 33.2 Å². The topological polar surface area (TPSA) is 108 Å². The number of aromatic nitrogens is 5. The lowest BCUT2D eigenvalue weighted by Gasteiger charge is -2.01. The Balaban J connectivity index is 1.28. The zero-order valence-corrected chi connectivity index (χ0v) is 18.2. The Morgan fingerprint density at radius 1 is 1.16 bits per heavy atom. The van der Waals surface area contributed by atoms with E-state index in [9.17, 15) is 4.79 Å². The molecule has 2 heterocycles. The SMILES string of the molecule is COc1ccc(-c2noc(CCC(=O)Nc3ncn(Cc4ccc(Br)cc4)n3)n2)cc1. The van der Waals surface area contributed by atoms with Crippen molar-refractivity contribution in [1.29, 1.82) is 0 Å². The van der Waals surface area contributed by atoms with Gasteiger partial charge in [-0.25, -0.2) is 9.67 Å². The fourth-order valence-corrected chi connectivity index (χ4v) is 3.09. The number of hydrogen-bond donors (Lipinski definition) is 1. The predicted molar refractivity (Wildman–Crippen MR) is 117 cm³/mol. The molecule has 10 heteroatoms. The fraction of sp³-hybridized carbons (Fsp3) is 0.190. The summed E-state index contributed by atoms with van der Waals surface area (Å²) in [5.41, 5.74) is 1.88. The first-order valence-electron chi connectivity index (χ1n) is 9.50. The number of nitrogens with one attached hydrogen (secondary N) is 1. The number of carbonyl (C=O) groups excluding carboxylic acids is 1. The van der Waals surface area contributed by atoms with Gasteiger partial charge in [0.1, 0.15) is 12.1 Å². The van der Waals surface area contributed by atoms with Crippen LogP contribution in [0.3, 0.4) is 0 Å². The summed E-state index contributed by atoms with van der Waals surface area (Å²) in [4.78, 5) is 20.7. The van der Waals surface area contributed by atoms with Gasteiger partial charge in [0.05, 0.1) is 13.7 Å². The minimum atomic E-state index is -0.231. The van der Waals surface area contributed by atoms with E-state index in [1.165, 1.54) is 0 Å². The lowest BCUT2D eigenvalue weighted by atomic mass is 10.2. The Hall–Kier alpha value is -3.53. The number of amides is 1. The van der Waals surface area contributed by atoms with E-state index >= 15 is 0 Å². The molecule has 4 aromatic rings. The van der Waals surface area contributed by atoms with Crippen LogP contribution in [0.25, 0.3) is 11.4 Å². The van der Waals surface area contributed by atoms with E-state index in [1.54, 1.807) is 18.1 Å². The van der Waals surface area contributed by atoms with Crippen molar-refractivity contribution in [2.75, 3.05) is 12.4 Å². The van der Waals surface area contributed by atoms with Gasteiger partial charge in [0.15, 0.2) is 0 Å². The highest BCUT2D eigenvalue weighted by Crippen LogP contribution is 2.20. The molecule has 0 aliphatic rings. The fourth-order valence-electron chi connectivity index (χ4n) is 2.83. The summed E-state index contributed by atoms with van der Waals surface area (Å²) in [5, 5.41) is 10.9. The highest BCUT2D eigenvalue weighted by atomic mass is 79.9. The number of benzene rings is 2. The van der Waals surface area contributed by atoms with Gasteiger partial charge >= 0.3 is 0 Å². The molecular weight excluding hydrogens is 464 g/mol. The Morgan fingerprint density at radius 2 is 1.94 bits per heavy atom. The van der Waals surface area contributed by atoms with Crippen molar-refractivity contribution in [3.05, 3.63) is 70.8 Å². The van der Waals surface area contributed by atoms with Gasteiger partial charge in [-0.05, 0) is 42.0 Å². The molecule has 2 aromatic carbocycles. The molecule has 0 unspecified atom stereocenters.